The minimum Gasteiger partial charge on any atom is -0.396 e. The fourth-order valence-electron chi connectivity index (χ4n) is 2.21. The zero-order chi connectivity index (χ0) is 12.3. The summed E-state index contributed by atoms with van der Waals surface area (Å²) in [6.07, 6.45) is 2.78. The summed E-state index contributed by atoms with van der Waals surface area (Å²) in [4.78, 5) is 12.8. The molecule has 92 valence electrons. The van der Waals surface area contributed by atoms with E-state index in [1.807, 2.05) is 6.07 Å². The Hall–Kier alpha value is -1.06. The molecule has 2 rings (SSSR count). The second-order valence-electron chi connectivity index (χ2n) is 4.44. The van der Waals surface area contributed by atoms with Crippen molar-refractivity contribution in [3.05, 3.63) is 28.8 Å². The van der Waals surface area contributed by atoms with Gasteiger partial charge < -0.3 is 10.0 Å². The number of anilines is 1. The molecule has 0 bridgehead atoms. The molecule has 1 aliphatic heterocycles. The Balaban J connectivity index is 2.10. The maximum atomic E-state index is 10.6. The third-order valence-corrected chi connectivity index (χ3v) is 3.62. The number of carbonyl (C=O) groups is 1. The number of aliphatic hydroxyl groups excluding tert-OH is 1. The van der Waals surface area contributed by atoms with Crippen LogP contribution in [0.25, 0.3) is 0 Å². The number of piperidine rings is 1. The van der Waals surface area contributed by atoms with Crippen molar-refractivity contribution in [1.29, 1.82) is 0 Å². The van der Waals surface area contributed by atoms with Gasteiger partial charge in [-0.15, -0.1) is 0 Å². The SMILES string of the molecule is O=Cc1ccc(N2CCC(CO)CC2)c(Cl)c1. The van der Waals surface area contributed by atoms with Crippen LogP contribution in [0.5, 0.6) is 0 Å². The molecule has 0 amide bonds. The van der Waals surface area contributed by atoms with Gasteiger partial charge in [-0.05, 0) is 37.0 Å². The molecule has 0 aromatic heterocycles. The lowest BCUT2D eigenvalue weighted by atomic mass is 9.97. The first-order valence-corrected chi connectivity index (χ1v) is 6.23. The predicted molar refractivity (Wildman–Crippen MR) is 68.9 cm³/mol. The third-order valence-electron chi connectivity index (χ3n) is 3.32. The van der Waals surface area contributed by atoms with Gasteiger partial charge in [-0.25, -0.2) is 0 Å². The van der Waals surface area contributed by atoms with Crippen LogP contribution in [-0.4, -0.2) is 31.1 Å². The lowest BCUT2D eigenvalue weighted by Crippen LogP contribution is -2.34. The minimum absolute atomic E-state index is 0.269. The van der Waals surface area contributed by atoms with Crippen molar-refractivity contribution in [2.45, 2.75) is 12.8 Å². The molecule has 0 atom stereocenters. The first-order valence-electron chi connectivity index (χ1n) is 5.85. The molecule has 1 heterocycles. The van der Waals surface area contributed by atoms with E-state index < -0.39 is 0 Å². The molecule has 17 heavy (non-hydrogen) atoms. The zero-order valence-electron chi connectivity index (χ0n) is 9.60. The van der Waals surface area contributed by atoms with Crippen LogP contribution in [0.4, 0.5) is 5.69 Å². The molecule has 1 fully saturated rings. The normalized spacial score (nSPS) is 17.2. The van der Waals surface area contributed by atoms with Crippen molar-refractivity contribution >= 4 is 23.6 Å². The van der Waals surface area contributed by atoms with Crippen LogP contribution in [0.3, 0.4) is 0 Å². The van der Waals surface area contributed by atoms with Gasteiger partial charge in [-0.3, -0.25) is 4.79 Å². The van der Waals surface area contributed by atoms with Crippen molar-refractivity contribution in [1.82, 2.24) is 0 Å². The average molecular weight is 254 g/mol. The van der Waals surface area contributed by atoms with Crippen molar-refractivity contribution in [3.63, 3.8) is 0 Å². The fourth-order valence-corrected chi connectivity index (χ4v) is 2.52. The summed E-state index contributed by atoms with van der Waals surface area (Å²) in [5.74, 6) is 0.416. The maximum absolute atomic E-state index is 10.6. The highest BCUT2D eigenvalue weighted by molar-refractivity contribution is 6.33. The highest BCUT2D eigenvalue weighted by Gasteiger charge is 2.20. The van der Waals surface area contributed by atoms with Gasteiger partial charge in [0.15, 0.2) is 0 Å². The first-order chi connectivity index (χ1) is 8.24. The van der Waals surface area contributed by atoms with Crippen LogP contribution in [0, 0.1) is 5.92 Å². The number of halogens is 1. The molecule has 0 unspecified atom stereocenters. The van der Waals surface area contributed by atoms with E-state index in [0.717, 1.165) is 37.9 Å². The summed E-state index contributed by atoms with van der Waals surface area (Å²) >= 11 is 6.16. The average Bonchev–Trinajstić information content (AvgIpc) is 2.39. The highest BCUT2D eigenvalue weighted by Crippen LogP contribution is 2.30. The van der Waals surface area contributed by atoms with Gasteiger partial charge in [0, 0.05) is 25.3 Å². The fraction of sp³-hybridized carbons (Fsp3) is 0.462. The molecular formula is C13H16ClNO2. The summed E-state index contributed by atoms with van der Waals surface area (Å²) in [6.45, 7) is 2.09. The number of hydrogen-bond donors (Lipinski definition) is 1. The molecule has 1 aromatic carbocycles. The molecule has 1 saturated heterocycles. The Morgan fingerprint density at radius 2 is 2.12 bits per heavy atom. The van der Waals surface area contributed by atoms with Crippen LogP contribution in [-0.2, 0) is 0 Å². The van der Waals surface area contributed by atoms with Gasteiger partial charge in [-0.1, -0.05) is 11.6 Å². The van der Waals surface area contributed by atoms with Gasteiger partial charge in [-0.2, -0.15) is 0 Å². The summed E-state index contributed by atoms with van der Waals surface area (Å²) in [5, 5.41) is 9.71. The molecule has 4 heteroatoms. The van der Waals surface area contributed by atoms with Gasteiger partial charge in [0.25, 0.3) is 0 Å². The number of nitrogens with zero attached hydrogens (tertiary/aromatic N) is 1. The molecule has 1 N–H and O–H groups in total. The van der Waals surface area contributed by atoms with Gasteiger partial charge in [0.1, 0.15) is 6.29 Å². The first kappa shape index (κ1) is 12.4. The molecule has 0 saturated carbocycles. The van der Waals surface area contributed by atoms with E-state index in [0.29, 0.717) is 16.5 Å². The van der Waals surface area contributed by atoms with Crippen LogP contribution in [0.1, 0.15) is 23.2 Å². The number of carbonyl (C=O) groups excluding carboxylic acids is 1. The van der Waals surface area contributed by atoms with Crippen LogP contribution in [0.2, 0.25) is 5.02 Å². The Labute approximate surface area is 106 Å². The van der Waals surface area contributed by atoms with E-state index in [1.165, 1.54) is 0 Å². The number of aldehydes is 1. The van der Waals surface area contributed by atoms with Crippen LogP contribution >= 0.6 is 11.6 Å². The largest absolute Gasteiger partial charge is 0.396 e. The van der Waals surface area contributed by atoms with E-state index in [1.54, 1.807) is 12.1 Å². The minimum atomic E-state index is 0.269. The Kier molecular flexibility index (Phi) is 4.02. The summed E-state index contributed by atoms with van der Waals surface area (Å²) < 4.78 is 0. The second kappa shape index (κ2) is 5.52. The number of aliphatic hydroxyl groups is 1. The van der Waals surface area contributed by atoms with E-state index in [4.69, 9.17) is 16.7 Å². The zero-order valence-corrected chi connectivity index (χ0v) is 10.4. The van der Waals surface area contributed by atoms with Crippen molar-refractivity contribution < 1.29 is 9.90 Å². The predicted octanol–water partition coefficient (Wildman–Crippen LogP) is 2.36. The molecule has 0 spiro atoms. The van der Waals surface area contributed by atoms with Crippen LogP contribution < -0.4 is 4.90 Å². The summed E-state index contributed by atoms with van der Waals surface area (Å²) in [5.41, 5.74) is 1.58. The van der Waals surface area contributed by atoms with E-state index >= 15 is 0 Å². The molecule has 1 aromatic rings. The molecular weight excluding hydrogens is 238 g/mol. The standard InChI is InChI=1S/C13H16ClNO2/c14-12-7-11(9-17)1-2-13(12)15-5-3-10(8-16)4-6-15/h1-2,7,9-10,16H,3-6,8H2. The lowest BCUT2D eigenvalue weighted by Gasteiger charge is -2.33. The Bertz CT molecular complexity index is 400. The third kappa shape index (κ3) is 2.79. The van der Waals surface area contributed by atoms with Crippen molar-refractivity contribution in [2.75, 3.05) is 24.6 Å². The molecule has 0 aliphatic carbocycles. The number of rotatable bonds is 3. The quantitative estimate of drug-likeness (QED) is 0.841. The monoisotopic (exact) mass is 253 g/mol. The number of benzene rings is 1. The van der Waals surface area contributed by atoms with Crippen molar-refractivity contribution in [2.24, 2.45) is 5.92 Å². The van der Waals surface area contributed by atoms with Gasteiger partial charge in [0.2, 0.25) is 0 Å². The topological polar surface area (TPSA) is 40.5 Å². The van der Waals surface area contributed by atoms with Crippen molar-refractivity contribution in [3.8, 4) is 0 Å². The Morgan fingerprint density at radius 1 is 1.41 bits per heavy atom. The van der Waals surface area contributed by atoms with Gasteiger partial charge in [0.05, 0.1) is 10.7 Å². The van der Waals surface area contributed by atoms with E-state index in [9.17, 15) is 4.79 Å². The van der Waals surface area contributed by atoms with Crippen LogP contribution in [0.15, 0.2) is 18.2 Å². The molecule has 3 nitrogen and oxygen atoms in total. The second-order valence-corrected chi connectivity index (χ2v) is 4.85. The highest BCUT2D eigenvalue weighted by atomic mass is 35.5. The molecule has 1 aliphatic rings. The lowest BCUT2D eigenvalue weighted by molar-refractivity contribution is 0.112. The van der Waals surface area contributed by atoms with Gasteiger partial charge >= 0.3 is 0 Å². The smallest absolute Gasteiger partial charge is 0.150 e. The number of hydrogen-bond acceptors (Lipinski definition) is 3. The van der Waals surface area contributed by atoms with E-state index in [-0.39, 0.29) is 6.61 Å². The maximum Gasteiger partial charge on any atom is 0.150 e. The van der Waals surface area contributed by atoms with E-state index in [2.05, 4.69) is 4.90 Å². The summed E-state index contributed by atoms with van der Waals surface area (Å²) in [6, 6.07) is 5.37. The summed E-state index contributed by atoms with van der Waals surface area (Å²) in [7, 11) is 0. The molecule has 0 radical (unpaired) electrons. The Morgan fingerprint density at radius 3 is 2.65 bits per heavy atom.